The van der Waals surface area contributed by atoms with Crippen molar-refractivity contribution in [1.82, 2.24) is 0 Å². The van der Waals surface area contributed by atoms with Crippen LogP contribution in [0.1, 0.15) is 13.8 Å². The second kappa shape index (κ2) is 16.0. The van der Waals surface area contributed by atoms with Crippen molar-refractivity contribution in [3.8, 4) is 0 Å². The quantitative estimate of drug-likeness (QED) is 0.475. The van der Waals surface area contributed by atoms with Crippen molar-refractivity contribution in [2.75, 3.05) is 0 Å². The minimum absolute atomic E-state index is 0. The first-order valence-electron chi connectivity index (χ1n) is 2.29. The molecule has 0 aliphatic carbocycles. The van der Waals surface area contributed by atoms with E-state index in [9.17, 15) is 0 Å². The van der Waals surface area contributed by atoms with Crippen LogP contribution in [-0.2, 0) is 4.74 Å². The van der Waals surface area contributed by atoms with Gasteiger partial charge in [0, 0.05) is 0 Å². The van der Waals surface area contributed by atoms with Gasteiger partial charge in [-0.3, -0.25) is 0 Å². The average Bonchev–Trinajstić information content (AvgIpc) is 1.69. The van der Waals surface area contributed by atoms with Crippen molar-refractivity contribution in [3.63, 3.8) is 0 Å². The van der Waals surface area contributed by atoms with Gasteiger partial charge in [-0.1, -0.05) is 12.2 Å². The predicted molar refractivity (Wildman–Crippen MR) is 47.8 cm³/mol. The van der Waals surface area contributed by atoms with Gasteiger partial charge in [0.25, 0.3) is 0 Å². The Morgan fingerprint density at radius 1 is 0.889 bits per heavy atom. The Balaban J connectivity index is -0.000000180. The molecule has 0 amide bonds. The summed E-state index contributed by atoms with van der Waals surface area (Å²) >= 11 is 0. The van der Waals surface area contributed by atoms with Gasteiger partial charge in [0.15, 0.2) is 0 Å². The van der Waals surface area contributed by atoms with E-state index >= 15 is 0 Å². The summed E-state index contributed by atoms with van der Waals surface area (Å²) in [6.07, 6.45) is 6.92. The minimum atomic E-state index is 0. The van der Waals surface area contributed by atoms with Gasteiger partial charge in [-0.2, -0.15) is 0 Å². The third-order valence-corrected chi connectivity index (χ3v) is 0.429. The van der Waals surface area contributed by atoms with E-state index in [4.69, 9.17) is 4.74 Å². The summed E-state index contributed by atoms with van der Waals surface area (Å²) in [5.74, 6) is 0. The van der Waals surface area contributed by atoms with E-state index in [0.717, 1.165) is 0 Å². The Hall–Kier alpha value is 1.07. The van der Waals surface area contributed by atoms with Gasteiger partial charge < -0.3 is 4.74 Å². The normalized spacial score (nSPS) is 8.67. The molecule has 3 heteroatoms. The number of ether oxygens (including phenoxy) is 1. The van der Waals surface area contributed by atoms with Gasteiger partial charge in [-0.15, -0.1) is 0 Å². The van der Waals surface area contributed by atoms with Gasteiger partial charge in [-0.05, 0) is 13.8 Å². The summed E-state index contributed by atoms with van der Waals surface area (Å²) in [7, 11) is 0. The molecule has 1 nitrogen and oxygen atoms in total. The van der Waals surface area contributed by atoms with Crippen LogP contribution in [0, 0.1) is 0 Å². The van der Waals surface area contributed by atoms with Crippen molar-refractivity contribution in [1.29, 1.82) is 0 Å². The first-order chi connectivity index (χ1) is 3.41. The molecule has 9 heavy (non-hydrogen) atoms. The van der Waals surface area contributed by atoms with Crippen LogP contribution in [0.5, 0.6) is 0 Å². The molecule has 0 heterocycles. The molecule has 0 aromatic carbocycles. The molecule has 0 fully saturated rings. The first kappa shape index (κ1) is 16.6. The van der Waals surface area contributed by atoms with E-state index in [2.05, 4.69) is 0 Å². The number of rotatable bonds is 2. The maximum absolute atomic E-state index is 4.77. The van der Waals surface area contributed by atoms with Crippen LogP contribution in [-0.4, -0.2) is 53.1 Å². The molecule has 0 aromatic heterocycles. The van der Waals surface area contributed by atoms with Gasteiger partial charge in [0.1, 0.15) is 0 Å². The zero-order valence-electron chi connectivity index (χ0n) is 5.72. The van der Waals surface area contributed by atoms with Crippen LogP contribution in [0.25, 0.3) is 0 Å². The van der Waals surface area contributed by atoms with Crippen molar-refractivity contribution < 1.29 is 4.74 Å². The summed E-state index contributed by atoms with van der Waals surface area (Å²) in [5.41, 5.74) is 0. The summed E-state index contributed by atoms with van der Waals surface area (Å²) in [4.78, 5) is 0. The molecule has 0 saturated heterocycles. The topological polar surface area (TPSA) is 9.23 Å². The molecule has 0 N–H and O–H groups in total. The van der Waals surface area contributed by atoms with Crippen LogP contribution in [0.15, 0.2) is 24.7 Å². The molecule has 56 valence electrons. The van der Waals surface area contributed by atoms with Crippen molar-refractivity contribution >= 4 is 53.1 Å². The number of hydrogen-bond acceptors (Lipinski definition) is 1. The first-order valence-corrected chi connectivity index (χ1v) is 2.29. The molecule has 0 spiro atoms. The second-order valence-electron chi connectivity index (χ2n) is 1.07. The Morgan fingerprint density at radius 3 is 1.44 bits per heavy atom. The Morgan fingerprint density at radius 2 is 1.22 bits per heavy atom. The number of allylic oxidation sites excluding steroid dienone is 2. The summed E-state index contributed by atoms with van der Waals surface area (Å²) < 4.78 is 4.77. The standard InChI is InChI=1S/C6H10O.2Po.4H/c1-3-5-7-6-4-2;;;;;;/h3-6H,1-2H3;;;;;;. The maximum atomic E-state index is 4.77. The van der Waals surface area contributed by atoms with E-state index in [1.807, 2.05) is 26.0 Å². The predicted octanol–water partition coefficient (Wildman–Crippen LogP) is 0.238. The van der Waals surface area contributed by atoms with E-state index in [0.29, 0.717) is 0 Å². The van der Waals surface area contributed by atoms with Crippen LogP contribution < -0.4 is 0 Å². The summed E-state index contributed by atoms with van der Waals surface area (Å²) in [6, 6.07) is 0. The van der Waals surface area contributed by atoms with Crippen LogP contribution >= 0.6 is 0 Å². The Kier molecular flexibility index (Phi) is 29.5. The van der Waals surface area contributed by atoms with Crippen LogP contribution in [0.2, 0.25) is 0 Å². The van der Waals surface area contributed by atoms with Gasteiger partial charge in [0.05, 0.1) is 12.5 Å². The van der Waals surface area contributed by atoms with Crippen LogP contribution in [0.4, 0.5) is 0 Å². The molecular formula is C6H14OPo2. The molecule has 0 aliphatic heterocycles. The molecule has 0 rings (SSSR count). The van der Waals surface area contributed by atoms with Crippen LogP contribution in [0.3, 0.4) is 0 Å². The SMILES string of the molecule is CC=COC=CC.[PoH2].[PoH2]. The van der Waals surface area contributed by atoms with E-state index in [-0.39, 0.29) is 53.1 Å². The third-order valence-electron chi connectivity index (χ3n) is 0.429. The van der Waals surface area contributed by atoms with Crippen molar-refractivity contribution in [2.45, 2.75) is 13.8 Å². The monoisotopic (exact) mass is 520 g/mol. The molecule has 0 bridgehead atoms. The fourth-order valence-corrected chi connectivity index (χ4v) is 0.202. The molecule has 0 saturated carbocycles. The molecule has 0 unspecified atom stereocenters. The van der Waals surface area contributed by atoms with E-state index in [1.165, 1.54) is 0 Å². The van der Waals surface area contributed by atoms with Crippen molar-refractivity contribution in [3.05, 3.63) is 24.7 Å². The van der Waals surface area contributed by atoms with Gasteiger partial charge in [-0.25, -0.2) is 0 Å². The van der Waals surface area contributed by atoms with Gasteiger partial charge in [0.2, 0.25) is 0 Å². The average molecular weight is 520 g/mol. The zero-order valence-corrected chi connectivity index (χ0v) is 13.5. The van der Waals surface area contributed by atoms with E-state index < -0.39 is 0 Å². The Labute approximate surface area is 95.5 Å². The van der Waals surface area contributed by atoms with Crippen molar-refractivity contribution in [2.24, 2.45) is 0 Å². The van der Waals surface area contributed by atoms with E-state index in [1.54, 1.807) is 12.5 Å². The molecule has 0 aromatic rings. The third kappa shape index (κ3) is 17.6. The second-order valence-corrected chi connectivity index (χ2v) is 1.07. The fraction of sp³-hybridized carbons (Fsp3) is 0.333. The summed E-state index contributed by atoms with van der Waals surface area (Å²) in [5, 5.41) is 0. The van der Waals surface area contributed by atoms with Gasteiger partial charge >= 0.3 is 53.1 Å². The molecule has 0 radical (unpaired) electrons. The fourth-order valence-electron chi connectivity index (χ4n) is 0.202. The summed E-state index contributed by atoms with van der Waals surface area (Å²) in [6.45, 7) is 3.81. The Bertz CT molecular complexity index is 69.1. The molecule has 0 atom stereocenters. The molecule has 0 aliphatic rings. The number of hydrogen-bond donors (Lipinski definition) is 0. The zero-order chi connectivity index (χ0) is 5.54. The molecular weight excluding hydrogens is 506 g/mol.